The van der Waals surface area contributed by atoms with E-state index in [4.69, 9.17) is 14.5 Å². The fourth-order valence-corrected chi connectivity index (χ4v) is 5.43. The third-order valence-corrected chi connectivity index (χ3v) is 6.70. The van der Waals surface area contributed by atoms with Crippen LogP contribution in [0.2, 0.25) is 0 Å². The number of fused-ring (bicyclic) bond motifs is 3. The Morgan fingerprint density at radius 2 is 2.11 bits per heavy atom. The van der Waals surface area contributed by atoms with Gasteiger partial charge in [0, 0.05) is 24.0 Å². The van der Waals surface area contributed by atoms with Crippen molar-refractivity contribution in [2.24, 2.45) is 5.92 Å². The number of thiophene rings is 1. The van der Waals surface area contributed by atoms with Crippen LogP contribution in [0.5, 0.6) is 5.75 Å². The molecule has 1 aliphatic rings. The lowest BCUT2D eigenvalue weighted by atomic mass is 9.89. The molecule has 4 rings (SSSR count). The molecule has 1 aliphatic carbocycles. The SMILES string of the molecule is COCCn1c(Cc2ccccc2OC)nc2sc3c(c2c1=O)CCC(C)C3. The van der Waals surface area contributed by atoms with Crippen LogP contribution in [0.3, 0.4) is 0 Å². The van der Waals surface area contributed by atoms with Gasteiger partial charge in [-0.15, -0.1) is 11.3 Å². The Kier molecular flexibility index (Phi) is 5.51. The fraction of sp³-hybridized carbons (Fsp3) is 0.455. The molecule has 148 valence electrons. The zero-order valence-electron chi connectivity index (χ0n) is 16.7. The smallest absolute Gasteiger partial charge is 0.262 e. The molecule has 0 N–H and O–H groups in total. The van der Waals surface area contributed by atoms with Crippen molar-refractivity contribution < 1.29 is 9.47 Å². The van der Waals surface area contributed by atoms with Crippen LogP contribution < -0.4 is 10.3 Å². The van der Waals surface area contributed by atoms with Crippen molar-refractivity contribution in [1.82, 2.24) is 9.55 Å². The standard InChI is InChI=1S/C22H26N2O3S/c1-14-8-9-16-18(12-14)28-21-20(16)22(25)24(10-11-26-2)19(23-21)13-15-6-4-5-7-17(15)27-3/h4-7,14H,8-13H2,1-3H3. The van der Waals surface area contributed by atoms with Gasteiger partial charge >= 0.3 is 0 Å². The van der Waals surface area contributed by atoms with Crippen LogP contribution in [0.15, 0.2) is 29.1 Å². The minimum absolute atomic E-state index is 0.0685. The molecule has 5 nitrogen and oxygen atoms in total. The lowest BCUT2D eigenvalue weighted by Gasteiger charge is -2.18. The molecule has 2 aromatic heterocycles. The second kappa shape index (κ2) is 8.05. The molecule has 0 radical (unpaired) electrons. The summed E-state index contributed by atoms with van der Waals surface area (Å²) in [6.45, 7) is 3.27. The van der Waals surface area contributed by atoms with Gasteiger partial charge in [-0.3, -0.25) is 9.36 Å². The van der Waals surface area contributed by atoms with E-state index in [2.05, 4.69) is 6.92 Å². The fourth-order valence-electron chi connectivity index (χ4n) is 4.03. The highest BCUT2D eigenvalue weighted by Crippen LogP contribution is 2.36. The van der Waals surface area contributed by atoms with Gasteiger partial charge in [0.05, 0.1) is 25.6 Å². The van der Waals surface area contributed by atoms with E-state index >= 15 is 0 Å². The lowest BCUT2D eigenvalue weighted by Crippen LogP contribution is -2.27. The summed E-state index contributed by atoms with van der Waals surface area (Å²) in [7, 11) is 3.33. The Morgan fingerprint density at radius 1 is 1.29 bits per heavy atom. The molecule has 0 spiro atoms. The molecule has 1 atom stereocenters. The van der Waals surface area contributed by atoms with E-state index in [1.54, 1.807) is 30.1 Å². The maximum Gasteiger partial charge on any atom is 0.262 e. The number of para-hydroxylation sites is 1. The average molecular weight is 399 g/mol. The monoisotopic (exact) mass is 398 g/mol. The third-order valence-electron chi connectivity index (χ3n) is 5.55. The summed E-state index contributed by atoms with van der Waals surface area (Å²) in [5, 5.41) is 0.826. The number of hydrogen-bond donors (Lipinski definition) is 0. The highest BCUT2D eigenvalue weighted by molar-refractivity contribution is 7.18. The summed E-state index contributed by atoms with van der Waals surface area (Å²) in [5.74, 6) is 2.25. The normalized spacial score (nSPS) is 16.3. The molecule has 3 aromatic rings. The van der Waals surface area contributed by atoms with Crippen molar-refractivity contribution in [2.75, 3.05) is 20.8 Å². The molecule has 6 heteroatoms. The summed E-state index contributed by atoms with van der Waals surface area (Å²) < 4.78 is 12.6. The predicted octanol–water partition coefficient (Wildman–Crippen LogP) is 3.83. The first-order chi connectivity index (χ1) is 13.6. The number of hydrogen-bond acceptors (Lipinski definition) is 5. The van der Waals surface area contributed by atoms with Crippen LogP contribution in [-0.2, 0) is 30.5 Å². The molecule has 0 saturated carbocycles. The number of aryl methyl sites for hydroxylation is 1. The van der Waals surface area contributed by atoms with E-state index in [0.717, 1.165) is 46.6 Å². The molecule has 2 heterocycles. The van der Waals surface area contributed by atoms with E-state index in [1.165, 1.54) is 10.4 Å². The largest absolute Gasteiger partial charge is 0.496 e. The minimum Gasteiger partial charge on any atom is -0.496 e. The highest BCUT2D eigenvalue weighted by atomic mass is 32.1. The van der Waals surface area contributed by atoms with Crippen molar-refractivity contribution in [3.8, 4) is 5.75 Å². The van der Waals surface area contributed by atoms with Gasteiger partial charge in [-0.05, 0) is 36.8 Å². The minimum atomic E-state index is 0.0685. The number of methoxy groups -OCH3 is 2. The van der Waals surface area contributed by atoms with Gasteiger partial charge in [-0.1, -0.05) is 25.1 Å². The number of ether oxygens (including phenoxy) is 2. The number of benzene rings is 1. The van der Waals surface area contributed by atoms with Crippen molar-refractivity contribution in [3.05, 3.63) is 56.4 Å². The van der Waals surface area contributed by atoms with Gasteiger partial charge in [0.15, 0.2) is 0 Å². The third kappa shape index (κ3) is 3.47. The second-order valence-electron chi connectivity index (χ2n) is 7.50. The molecular formula is C22H26N2O3S. The van der Waals surface area contributed by atoms with E-state index in [9.17, 15) is 4.79 Å². The summed E-state index contributed by atoms with van der Waals surface area (Å²) in [5.41, 5.74) is 2.32. The van der Waals surface area contributed by atoms with Crippen LogP contribution in [0.1, 0.15) is 35.2 Å². The zero-order valence-corrected chi connectivity index (χ0v) is 17.5. The maximum atomic E-state index is 13.5. The van der Waals surface area contributed by atoms with Gasteiger partial charge in [0.1, 0.15) is 16.4 Å². The lowest BCUT2D eigenvalue weighted by molar-refractivity contribution is 0.185. The maximum absolute atomic E-state index is 13.5. The molecule has 0 aliphatic heterocycles. The van der Waals surface area contributed by atoms with Gasteiger partial charge < -0.3 is 9.47 Å². The molecule has 1 unspecified atom stereocenters. The quantitative estimate of drug-likeness (QED) is 0.633. The van der Waals surface area contributed by atoms with Crippen molar-refractivity contribution in [3.63, 3.8) is 0 Å². The van der Waals surface area contributed by atoms with Crippen LogP contribution in [0, 0.1) is 5.92 Å². The molecule has 0 bridgehead atoms. The van der Waals surface area contributed by atoms with Gasteiger partial charge in [0.25, 0.3) is 5.56 Å². The summed E-state index contributed by atoms with van der Waals surface area (Å²) in [4.78, 5) is 20.6. The van der Waals surface area contributed by atoms with Crippen LogP contribution in [0.4, 0.5) is 0 Å². The molecule has 28 heavy (non-hydrogen) atoms. The first kappa shape index (κ1) is 19.2. The van der Waals surface area contributed by atoms with Gasteiger partial charge in [-0.2, -0.15) is 0 Å². The highest BCUT2D eigenvalue weighted by Gasteiger charge is 2.24. The topological polar surface area (TPSA) is 53.4 Å². The first-order valence-corrected chi connectivity index (χ1v) is 10.6. The predicted molar refractivity (Wildman–Crippen MR) is 113 cm³/mol. The molecular weight excluding hydrogens is 372 g/mol. The van der Waals surface area contributed by atoms with Crippen molar-refractivity contribution in [2.45, 2.75) is 39.2 Å². The Balaban J connectivity index is 1.86. The summed E-state index contributed by atoms with van der Waals surface area (Å²) in [6.07, 6.45) is 3.72. The van der Waals surface area contributed by atoms with Crippen molar-refractivity contribution in [1.29, 1.82) is 0 Å². The molecule has 0 amide bonds. The van der Waals surface area contributed by atoms with E-state index in [0.29, 0.717) is 25.5 Å². The number of nitrogens with zero attached hydrogens (tertiary/aromatic N) is 2. The molecule has 0 fully saturated rings. The van der Waals surface area contributed by atoms with Crippen LogP contribution >= 0.6 is 11.3 Å². The van der Waals surface area contributed by atoms with Crippen LogP contribution in [-0.4, -0.2) is 30.4 Å². The van der Waals surface area contributed by atoms with E-state index < -0.39 is 0 Å². The van der Waals surface area contributed by atoms with Crippen molar-refractivity contribution >= 4 is 21.6 Å². The van der Waals surface area contributed by atoms with E-state index in [1.807, 2.05) is 24.3 Å². The number of rotatable bonds is 6. The summed E-state index contributed by atoms with van der Waals surface area (Å²) in [6, 6.07) is 7.90. The first-order valence-electron chi connectivity index (χ1n) is 9.77. The van der Waals surface area contributed by atoms with Crippen LogP contribution in [0.25, 0.3) is 10.2 Å². The van der Waals surface area contributed by atoms with Gasteiger partial charge in [-0.25, -0.2) is 4.98 Å². The number of aromatic nitrogens is 2. The second-order valence-corrected chi connectivity index (χ2v) is 8.58. The molecule has 0 saturated heterocycles. The Bertz CT molecular complexity index is 1050. The van der Waals surface area contributed by atoms with E-state index in [-0.39, 0.29) is 5.56 Å². The molecule has 1 aromatic carbocycles. The Hall–Kier alpha value is -2.18. The zero-order chi connectivity index (χ0) is 19.7. The summed E-state index contributed by atoms with van der Waals surface area (Å²) >= 11 is 1.70. The Morgan fingerprint density at radius 3 is 2.89 bits per heavy atom. The Labute approximate surface area is 168 Å². The average Bonchev–Trinajstić information content (AvgIpc) is 3.05. The van der Waals surface area contributed by atoms with Gasteiger partial charge in [0.2, 0.25) is 0 Å².